The third kappa shape index (κ3) is 4.45. The van der Waals surface area contributed by atoms with Crippen LogP contribution < -0.4 is 10.1 Å². The zero-order valence-electron chi connectivity index (χ0n) is 16.6. The van der Waals surface area contributed by atoms with Crippen molar-refractivity contribution in [3.05, 3.63) is 35.5 Å². The van der Waals surface area contributed by atoms with E-state index in [4.69, 9.17) is 9.26 Å². The maximum atomic E-state index is 12.4. The second-order valence-electron chi connectivity index (χ2n) is 7.79. The number of hydrogen-bond donors (Lipinski definition) is 1. The van der Waals surface area contributed by atoms with Crippen LogP contribution in [0.1, 0.15) is 31.0 Å². The summed E-state index contributed by atoms with van der Waals surface area (Å²) in [5.41, 5.74) is 2.71. The number of nitrogens with one attached hydrogen (secondary N) is 1. The molecule has 2 aromatic rings. The monoisotopic (exact) mass is 419 g/mol. The van der Waals surface area contributed by atoms with Crippen LogP contribution in [0.15, 0.2) is 28.8 Å². The van der Waals surface area contributed by atoms with Crippen LogP contribution in [0.3, 0.4) is 0 Å². The molecule has 1 atom stereocenters. The van der Waals surface area contributed by atoms with E-state index in [-0.39, 0.29) is 24.5 Å². The summed E-state index contributed by atoms with van der Waals surface area (Å²) >= 11 is 0. The van der Waals surface area contributed by atoms with Gasteiger partial charge in [0.1, 0.15) is 17.5 Å². The van der Waals surface area contributed by atoms with Crippen molar-refractivity contribution in [3.8, 4) is 17.1 Å². The summed E-state index contributed by atoms with van der Waals surface area (Å²) < 4.78 is 35.8. The lowest BCUT2D eigenvalue weighted by atomic mass is 9.97. The lowest BCUT2D eigenvalue weighted by Crippen LogP contribution is -2.42. The number of nitrogens with zero attached hydrogens (tertiary/aromatic N) is 2. The van der Waals surface area contributed by atoms with Crippen molar-refractivity contribution in [2.75, 3.05) is 19.3 Å². The number of ether oxygens (including phenoxy) is 1. The Hall–Kier alpha value is -2.39. The Morgan fingerprint density at radius 2 is 2.03 bits per heavy atom. The van der Waals surface area contributed by atoms with Crippen molar-refractivity contribution >= 4 is 15.9 Å². The molecule has 1 aromatic heterocycles. The number of amides is 1. The Morgan fingerprint density at radius 3 is 2.76 bits per heavy atom. The molecule has 0 radical (unpaired) electrons. The van der Waals surface area contributed by atoms with E-state index >= 15 is 0 Å². The van der Waals surface area contributed by atoms with Gasteiger partial charge in [-0.1, -0.05) is 17.3 Å². The molecule has 1 unspecified atom stereocenters. The van der Waals surface area contributed by atoms with Gasteiger partial charge in [-0.05, 0) is 31.4 Å². The first kappa shape index (κ1) is 19.9. The normalized spacial score (nSPS) is 20.3. The molecule has 8 nitrogen and oxygen atoms in total. The molecule has 2 aliphatic rings. The topological polar surface area (TPSA) is 102 Å². The molecule has 1 amide bonds. The minimum atomic E-state index is -3.19. The van der Waals surface area contributed by atoms with E-state index in [1.165, 1.54) is 16.1 Å². The number of aromatic nitrogens is 1. The zero-order chi connectivity index (χ0) is 20.6. The Kier molecular flexibility index (Phi) is 5.35. The molecule has 9 heteroatoms. The van der Waals surface area contributed by atoms with E-state index in [9.17, 15) is 13.2 Å². The molecular formula is C20H25N3O5S. The maximum Gasteiger partial charge on any atom is 0.223 e. The summed E-state index contributed by atoms with van der Waals surface area (Å²) in [6, 6.07) is 7.80. The van der Waals surface area contributed by atoms with Gasteiger partial charge in [0.05, 0.1) is 12.8 Å². The Morgan fingerprint density at radius 1 is 1.28 bits per heavy atom. The van der Waals surface area contributed by atoms with Gasteiger partial charge in [0.2, 0.25) is 15.9 Å². The van der Waals surface area contributed by atoms with Crippen LogP contribution in [0.25, 0.3) is 11.3 Å². The molecule has 0 spiro atoms. The highest BCUT2D eigenvalue weighted by atomic mass is 32.2. The number of carbonyl (C=O) groups is 1. The fourth-order valence-electron chi connectivity index (χ4n) is 3.86. The third-order valence-corrected chi connectivity index (χ3v) is 6.79. The standard InChI is InChI=1S/C20H25N3O5S/c1-13-9-15-3-4-16(10-18(15)27-13)19-11-17(22-28-19)12-21-20(24)14-5-7-23(8-6-14)29(2,25)26/h3-4,10-11,13-14H,5-9,12H2,1-2H3,(H,21,24). The summed E-state index contributed by atoms with van der Waals surface area (Å²) in [7, 11) is -3.19. The van der Waals surface area contributed by atoms with Gasteiger partial charge in [-0.15, -0.1) is 0 Å². The van der Waals surface area contributed by atoms with E-state index in [0.29, 0.717) is 37.4 Å². The van der Waals surface area contributed by atoms with Gasteiger partial charge in [0, 0.05) is 37.1 Å². The summed E-state index contributed by atoms with van der Waals surface area (Å²) in [4.78, 5) is 12.4. The quantitative estimate of drug-likeness (QED) is 0.795. The van der Waals surface area contributed by atoms with Crippen molar-refractivity contribution in [1.29, 1.82) is 0 Å². The molecule has 29 heavy (non-hydrogen) atoms. The highest BCUT2D eigenvalue weighted by Crippen LogP contribution is 2.33. The molecule has 3 heterocycles. The van der Waals surface area contributed by atoms with Crippen molar-refractivity contribution in [2.45, 2.75) is 38.8 Å². The number of benzene rings is 1. The van der Waals surface area contributed by atoms with Gasteiger partial charge in [-0.25, -0.2) is 12.7 Å². The number of fused-ring (bicyclic) bond motifs is 1. The minimum absolute atomic E-state index is 0.0809. The van der Waals surface area contributed by atoms with E-state index in [1.54, 1.807) is 0 Å². The second-order valence-corrected chi connectivity index (χ2v) is 9.77. The molecule has 0 bridgehead atoms. The Balaban J connectivity index is 1.32. The maximum absolute atomic E-state index is 12.4. The fraction of sp³-hybridized carbons (Fsp3) is 0.500. The summed E-state index contributed by atoms with van der Waals surface area (Å²) in [5.74, 6) is 1.24. The molecule has 1 aromatic carbocycles. The first-order valence-electron chi connectivity index (χ1n) is 9.78. The summed E-state index contributed by atoms with van der Waals surface area (Å²) in [6.07, 6.45) is 3.34. The minimum Gasteiger partial charge on any atom is -0.490 e. The third-order valence-electron chi connectivity index (χ3n) is 5.48. The predicted octanol–water partition coefficient (Wildman–Crippen LogP) is 1.95. The van der Waals surface area contributed by atoms with Crippen molar-refractivity contribution < 1.29 is 22.5 Å². The van der Waals surface area contributed by atoms with Crippen LogP contribution >= 0.6 is 0 Å². The summed E-state index contributed by atoms with van der Waals surface area (Å²) in [5, 5.41) is 6.92. The van der Waals surface area contributed by atoms with E-state index < -0.39 is 10.0 Å². The van der Waals surface area contributed by atoms with Crippen LogP contribution in [0.2, 0.25) is 0 Å². The van der Waals surface area contributed by atoms with Crippen LogP contribution in [-0.2, 0) is 27.8 Å². The molecule has 0 aliphatic carbocycles. The lowest BCUT2D eigenvalue weighted by molar-refractivity contribution is -0.126. The molecule has 1 saturated heterocycles. The highest BCUT2D eigenvalue weighted by Gasteiger charge is 2.29. The number of piperidine rings is 1. The first-order chi connectivity index (χ1) is 13.8. The van der Waals surface area contributed by atoms with E-state index in [1.807, 2.05) is 31.2 Å². The molecule has 2 aliphatic heterocycles. The number of sulfonamides is 1. The van der Waals surface area contributed by atoms with Crippen LogP contribution in [0.5, 0.6) is 5.75 Å². The molecule has 1 fully saturated rings. The van der Waals surface area contributed by atoms with Gasteiger partial charge >= 0.3 is 0 Å². The van der Waals surface area contributed by atoms with Gasteiger partial charge in [0.15, 0.2) is 5.76 Å². The van der Waals surface area contributed by atoms with Gasteiger partial charge < -0.3 is 14.6 Å². The number of carbonyl (C=O) groups excluding carboxylic acids is 1. The van der Waals surface area contributed by atoms with E-state index in [0.717, 1.165) is 17.7 Å². The highest BCUT2D eigenvalue weighted by molar-refractivity contribution is 7.88. The second kappa shape index (κ2) is 7.79. The van der Waals surface area contributed by atoms with Crippen molar-refractivity contribution in [1.82, 2.24) is 14.8 Å². The van der Waals surface area contributed by atoms with E-state index in [2.05, 4.69) is 10.5 Å². The van der Waals surface area contributed by atoms with Gasteiger partial charge in [-0.2, -0.15) is 0 Å². The molecule has 4 rings (SSSR count). The Labute approximate surface area is 170 Å². The lowest BCUT2D eigenvalue weighted by Gasteiger charge is -2.29. The zero-order valence-corrected chi connectivity index (χ0v) is 17.4. The smallest absolute Gasteiger partial charge is 0.223 e. The Bertz CT molecular complexity index is 1010. The van der Waals surface area contributed by atoms with Crippen LogP contribution in [0, 0.1) is 5.92 Å². The SMILES string of the molecule is CC1Cc2ccc(-c3cc(CNC(=O)C4CCN(S(C)(=O)=O)CC4)no3)cc2O1. The largest absolute Gasteiger partial charge is 0.490 e. The van der Waals surface area contributed by atoms with Crippen molar-refractivity contribution in [2.24, 2.45) is 5.92 Å². The predicted molar refractivity (Wildman–Crippen MR) is 107 cm³/mol. The first-order valence-corrected chi connectivity index (χ1v) is 11.6. The van der Waals surface area contributed by atoms with Gasteiger partial charge in [0.25, 0.3) is 0 Å². The van der Waals surface area contributed by atoms with Crippen LogP contribution in [0.4, 0.5) is 0 Å². The average molecular weight is 420 g/mol. The van der Waals surface area contributed by atoms with Crippen molar-refractivity contribution in [3.63, 3.8) is 0 Å². The number of rotatable bonds is 5. The summed E-state index contributed by atoms with van der Waals surface area (Å²) in [6.45, 7) is 3.07. The molecule has 0 saturated carbocycles. The average Bonchev–Trinajstić information content (AvgIpc) is 3.30. The molecular weight excluding hydrogens is 394 g/mol. The molecule has 156 valence electrons. The van der Waals surface area contributed by atoms with Gasteiger partial charge in [-0.3, -0.25) is 4.79 Å². The van der Waals surface area contributed by atoms with Crippen LogP contribution in [-0.4, -0.2) is 49.2 Å². The molecule has 1 N–H and O–H groups in total. The fourth-order valence-corrected chi connectivity index (χ4v) is 4.73. The number of hydrogen-bond acceptors (Lipinski definition) is 6.